The van der Waals surface area contributed by atoms with Gasteiger partial charge in [0.25, 0.3) is 0 Å². The molecule has 0 atom stereocenters. The monoisotopic (exact) mass is 441 g/mol. The number of likely N-dealkylation sites (tertiary alicyclic amines) is 1. The first-order valence-electron chi connectivity index (χ1n) is 9.81. The molecular formula is C20H18F3N9. The van der Waals surface area contributed by atoms with E-state index in [9.17, 15) is 18.4 Å². The van der Waals surface area contributed by atoms with E-state index < -0.39 is 18.3 Å². The first-order chi connectivity index (χ1) is 15.3. The Bertz CT molecular complexity index is 1320. The number of nitrogens with zero attached hydrogens (tertiary/aromatic N) is 9. The minimum Gasteiger partial charge on any atom is -0.290 e. The van der Waals surface area contributed by atoms with Crippen LogP contribution in [0.5, 0.6) is 0 Å². The Morgan fingerprint density at radius 1 is 1.16 bits per heavy atom. The second-order valence-corrected chi connectivity index (χ2v) is 8.02. The van der Waals surface area contributed by atoms with Crippen molar-refractivity contribution < 1.29 is 13.2 Å². The van der Waals surface area contributed by atoms with Gasteiger partial charge in [0.15, 0.2) is 0 Å². The standard InChI is InChI=1S/C20H18F3N9/c1-29-9-14(7-26-29)16-6-17-25-4-5-31(17)18(28-16)15-8-27-32(10-15)19(2-3-24)11-30(12-19)13-20(21,22)23/h4-10H,2,11-13H2,1H3. The normalized spacial score (nSPS) is 16.2. The highest BCUT2D eigenvalue weighted by Crippen LogP contribution is 2.35. The van der Waals surface area contributed by atoms with Gasteiger partial charge in [-0.3, -0.25) is 18.7 Å². The zero-order valence-electron chi connectivity index (χ0n) is 17.0. The quantitative estimate of drug-likeness (QED) is 0.473. The molecule has 0 unspecified atom stereocenters. The molecule has 0 bridgehead atoms. The lowest BCUT2D eigenvalue weighted by molar-refractivity contribution is -0.167. The number of hydrogen-bond donors (Lipinski definition) is 0. The highest BCUT2D eigenvalue weighted by atomic mass is 19.4. The molecule has 1 aliphatic rings. The molecule has 1 fully saturated rings. The van der Waals surface area contributed by atoms with Crippen molar-refractivity contribution in [3.05, 3.63) is 43.2 Å². The Labute approximate surface area is 180 Å². The van der Waals surface area contributed by atoms with Crippen molar-refractivity contribution in [1.82, 2.24) is 38.8 Å². The first kappa shape index (κ1) is 20.2. The molecule has 0 saturated carbocycles. The minimum atomic E-state index is -4.28. The van der Waals surface area contributed by atoms with Crippen LogP contribution in [-0.4, -0.2) is 64.6 Å². The van der Waals surface area contributed by atoms with Crippen LogP contribution in [-0.2, 0) is 12.6 Å². The van der Waals surface area contributed by atoms with Crippen molar-refractivity contribution in [1.29, 1.82) is 5.26 Å². The molecule has 4 aromatic heterocycles. The smallest absolute Gasteiger partial charge is 0.290 e. The third-order valence-electron chi connectivity index (χ3n) is 5.56. The van der Waals surface area contributed by atoms with E-state index in [1.54, 1.807) is 40.3 Å². The average Bonchev–Trinajstić information content (AvgIpc) is 3.44. The summed E-state index contributed by atoms with van der Waals surface area (Å²) in [6, 6.07) is 3.94. The van der Waals surface area contributed by atoms with Gasteiger partial charge in [0, 0.05) is 56.6 Å². The molecule has 0 spiro atoms. The molecule has 5 rings (SSSR count). The average molecular weight is 441 g/mol. The summed E-state index contributed by atoms with van der Waals surface area (Å²) in [4.78, 5) is 10.4. The Hall–Kier alpha value is -3.72. The predicted molar refractivity (Wildman–Crippen MR) is 107 cm³/mol. The molecule has 5 heterocycles. The van der Waals surface area contributed by atoms with Crippen molar-refractivity contribution in [3.63, 3.8) is 0 Å². The van der Waals surface area contributed by atoms with Crippen molar-refractivity contribution >= 4 is 5.65 Å². The number of halogens is 3. The van der Waals surface area contributed by atoms with Crippen molar-refractivity contribution in [2.75, 3.05) is 19.6 Å². The van der Waals surface area contributed by atoms with E-state index in [1.807, 2.05) is 23.7 Å². The van der Waals surface area contributed by atoms with Gasteiger partial charge in [-0.2, -0.15) is 28.6 Å². The van der Waals surface area contributed by atoms with Crippen LogP contribution in [0.1, 0.15) is 6.42 Å². The van der Waals surface area contributed by atoms with Crippen molar-refractivity contribution in [2.24, 2.45) is 7.05 Å². The molecule has 9 nitrogen and oxygen atoms in total. The van der Waals surface area contributed by atoms with Gasteiger partial charge in [0.1, 0.15) is 17.0 Å². The summed E-state index contributed by atoms with van der Waals surface area (Å²) in [5.74, 6) is 0.587. The fourth-order valence-electron chi connectivity index (χ4n) is 4.16. The highest BCUT2D eigenvalue weighted by molar-refractivity contribution is 5.68. The lowest BCUT2D eigenvalue weighted by atomic mass is 9.87. The number of hydrogen-bond acceptors (Lipinski definition) is 6. The summed E-state index contributed by atoms with van der Waals surface area (Å²) in [7, 11) is 1.82. The number of imidazole rings is 1. The zero-order chi connectivity index (χ0) is 22.5. The zero-order valence-corrected chi connectivity index (χ0v) is 17.0. The molecule has 0 N–H and O–H groups in total. The lowest BCUT2D eigenvalue weighted by Gasteiger charge is -2.49. The van der Waals surface area contributed by atoms with E-state index in [1.165, 1.54) is 4.90 Å². The molecule has 0 aliphatic carbocycles. The Kier molecular flexibility index (Phi) is 4.52. The molecule has 164 valence electrons. The molecular weight excluding hydrogens is 423 g/mol. The molecule has 1 saturated heterocycles. The van der Waals surface area contributed by atoms with Crippen molar-refractivity contribution in [3.8, 4) is 28.7 Å². The van der Waals surface area contributed by atoms with Gasteiger partial charge in [0.2, 0.25) is 0 Å². The number of rotatable bonds is 5. The molecule has 4 aromatic rings. The summed E-state index contributed by atoms with van der Waals surface area (Å²) in [5.41, 5.74) is 2.08. The van der Waals surface area contributed by atoms with Crippen LogP contribution in [0.4, 0.5) is 13.2 Å². The van der Waals surface area contributed by atoms with Gasteiger partial charge in [-0.05, 0) is 0 Å². The first-order valence-corrected chi connectivity index (χ1v) is 9.81. The highest BCUT2D eigenvalue weighted by Gasteiger charge is 2.48. The fourth-order valence-corrected chi connectivity index (χ4v) is 4.16. The summed E-state index contributed by atoms with van der Waals surface area (Å²) < 4.78 is 43.3. The summed E-state index contributed by atoms with van der Waals surface area (Å²) in [6.07, 6.45) is 6.12. The number of aryl methyl sites for hydroxylation is 1. The largest absolute Gasteiger partial charge is 0.401 e. The van der Waals surface area contributed by atoms with Gasteiger partial charge in [-0.1, -0.05) is 0 Å². The maximum absolute atomic E-state index is 12.7. The summed E-state index contributed by atoms with van der Waals surface area (Å²) in [6.45, 7) is -0.797. The molecule has 0 aromatic carbocycles. The minimum absolute atomic E-state index is 0.0616. The van der Waals surface area contributed by atoms with Gasteiger partial charge in [-0.25, -0.2) is 9.97 Å². The van der Waals surface area contributed by atoms with Crippen LogP contribution in [0.3, 0.4) is 0 Å². The SMILES string of the molecule is Cn1cc(-c2cc3nccn3c(-c3cnn(C4(CC#N)CN(CC(F)(F)F)C4)c3)n2)cn1. The van der Waals surface area contributed by atoms with Gasteiger partial charge >= 0.3 is 6.18 Å². The topological polar surface area (TPSA) is 92.9 Å². The van der Waals surface area contributed by atoms with Crippen LogP contribution >= 0.6 is 0 Å². The summed E-state index contributed by atoms with van der Waals surface area (Å²) in [5, 5.41) is 17.9. The van der Waals surface area contributed by atoms with Crippen LogP contribution in [0, 0.1) is 11.3 Å². The van der Waals surface area contributed by atoms with Crippen LogP contribution < -0.4 is 0 Å². The second-order valence-electron chi connectivity index (χ2n) is 8.02. The Morgan fingerprint density at radius 3 is 2.62 bits per heavy atom. The Morgan fingerprint density at radius 2 is 1.94 bits per heavy atom. The molecule has 0 amide bonds. The number of aromatic nitrogens is 7. The fraction of sp³-hybridized carbons (Fsp3) is 0.350. The maximum Gasteiger partial charge on any atom is 0.401 e. The van der Waals surface area contributed by atoms with E-state index in [4.69, 9.17) is 4.98 Å². The van der Waals surface area contributed by atoms with Crippen LogP contribution in [0.15, 0.2) is 43.2 Å². The van der Waals surface area contributed by atoms with E-state index in [2.05, 4.69) is 21.3 Å². The van der Waals surface area contributed by atoms with Crippen molar-refractivity contribution in [2.45, 2.75) is 18.1 Å². The maximum atomic E-state index is 12.7. The second kappa shape index (κ2) is 7.16. The van der Waals surface area contributed by atoms with E-state index in [-0.39, 0.29) is 19.5 Å². The van der Waals surface area contributed by atoms with E-state index in [0.29, 0.717) is 22.7 Å². The van der Waals surface area contributed by atoms with Gasteiger partial charge in [-0.15, -0.1) is 0 Å². The van der Waals surface area contributed by atoms with Gasteiger partial charge in [0.05, 0.1) is 42.7 Å². The number of alkyl halides is 3. The predicted octanol–water partition coefficient (Wildman–Crippen LogP) is 2.48. The van der Waals surface area contributed by atoms with E-state index >= 15 is 0 Å². The summed E-state index contributed by atoms with van der Waals surface area (Å²) >= 11 is 0. The molecule has 0 radical (unpaired) electrons. The third-order valence-corrected chi connectivity index (χ3v) is 5.56. The van der Waals surface area contributed by atoms with E-state index in [0.717, 1.165) is 5.56 Å². The molecule has 32 heavy (non-hydrogen) atoms. The van der Waals surface area contributed by atoms with Crippen LogP contribution in [0.25, 0.3) is 28.3 Å². The third kappa shape index (κ3) is 3.50. The number of nitriles is 1. The molecule has 12 heteroatoms. The molecule has 1 aliphatic heterocycles. The lowest BCUT2D eigenvalue weighted by Crippen LogP contribution is -2.64. The number of fused-ring (bicyclic) bond motifs is 1. The Balaban J connectivity index is 1.51. The van der Waals surface area contributed by atoms with Crippen LogP contribution in [0.2, 0.25) is 0 Å². The van der Waals surface area contributed by atoms with Gasteiger partial charge < -0.3 is 0 Å².